The number of likely N-dealkylation sites (N-methyl/N-ethyl adjacent to an activating group) is 1. The SMILES string of the molecule is C[N+]1(CCOc2ccccc2)CCCC(N2CC(c3ccccc3)(c3ccccc3)NC2=O)C1. The number of benzene rings is 3. The van der Waals surface area contributed by atoms with Crippen LogP contribution in [0.2, 0.25) is 0 Å². The van der Waals surface area contributed by atoms with Crippen molar-refractivity contribution in [3.63, 3.8) is 0 Å². The van der Waals surface area contributed by atoms with E-state index >= 15 is 0 Å². The number of carbonyl (C=O) groups excluding carboxylic acids is 1. The second-order valence-electron chi connectivity index (χ2n) is 9.90. The van der Waals surface area contributed by atoms with E-state index < -0.39 is 5.54 Å². The standard InChI is InChI=1S/C29H33N3O2/c1-32(20-21-34-27-17-9-4-10-18-27)19-11-16-26(22-32)31-23-29(30-28(31)33,24-12-5-2-6-13-24)25-14-7-3-8-15-25/h2-10,12-15,17-18,26H,11,16,19-23H2,1H3/p+1. The van der Waals surface area contributed by atoms with Crippen LogP contribution in [0.3, 0.4) is 0 Å². The zero-order valence-electron chi connectivity index (χ0n) is 19.9. The Labute approximate surface area is 202 Å². The monoisotopic (exact) mass is 456 g/mol. The number of likely N-dealkylation sites (tertiary alicyclic amines) is 1. The minimum absolute atomic E-state index is 0.0340. The highest BCUT2D eigenvalue weighted by molar-refractivity contribution is 5.80. The lowest BCUT2D eigenvalue weighted by atomic mass is 9.83. The summed E-state index contributed by atoms with van der Waals surface area (Å²) in [6, 6.07) is 31.0. The molecule has 5 rings (SSSR count). The fourth-order valence-corrected chi connectivity index (χ4v) is 5.61. The van der Waals surface area contributed by atoms with E-state index in [1.165, 1.54) is 0 Å². The number of nitrogens with one attached hydrogen (secondary N) is 1. The molecule has 2 saturated heterocycles. The van der Waals surface area contributed by atoms with E-state index in [1.54, 1.807) is 0 Å². The molecule has 5 heteroatoms. The largest absolute Gasteiger partial charge is 0.488 e. The molecule has 2 aliphatic heterocycles. The normalized spacial score (nSPS) is 24.0. The number of para-hydroxylation sites is 1. The Hall–Kier alpha value is -3.31. The van der Waals surface area contributed by atoms with Crippen molar-refractivity contribution in [3.05, 3.63) is 102 Å². The van der Waals surface area contributed by atoms with Gasteiger partial charge in [0, 0.05) is 0 Å². The van der Waals surface area contributed by atoms with Gasteiger partial charge >= 0.3 is 6.03 Å². The van der Waals surface area contributed by atoms with Crippen LogP contribution >= 0.6 is 0 Å². The topological polar surface area (TPSA) is 41.6 Å². The van der Waals surface area contributed by atoms with Crippen molar-refractivity contribution in [2.75, 3.05) is 39.8 Å². The van der Waals surface area contributed by atoms with E-state index in [4.69, 9.17) is 4.74 Å². The van der Waals surface area contributed by atoms with Crippen LogP contribution in [0.15, 0.2) is 91.0 Å². The van der Waals surface area contributed by atoms with Gasteiger partial charge in [0.15, 0.2) is 0 Å². The number of nitrogens with zero attached hydrogens (tertiary/aromatic N) is 2. The zero-order chi connectivity index (χ0) is 23.4. The van der Waals surface area contributed by atoms with Gasteiger partial charge in [-0.05, 0) is 36.1 Å². The van der Waals surface area contributed by atoms with E-state index in [0.717, 1.165) is 53.8 Å². The maximum absolute atomic E-state index is 13.4. The Kier molecular flexibility index (Phi) is 6.29. The summed E-state index contributed by atoms with van der Waals surface area (Å²) in [5, 5.41) is 3.39. The number of hydrogen-bond donors (Lipinski definition) is 1. The van der Waals surface area contributed by atoms with Crippen molar-refractivity contribution < 1.29 is 14.0 Å². The number of ether oxygens (including phenoxy) is 1. The van der Waals surface area contributed by atoms with Crippen molar-refractivity contribution >= 4 is 6.03 Å². The Morgan fingerprint density at radius 1 is 0.941 bits per heavy atom. The van der Waals surface area contributed by atoms with Gasteiger partial charge < -0.3 is 19.4 Å². The second kappa shape index (κ2) is 9.51. The molecule has 0 bridgehead atoms. The molecule has 2 heterocycles. The highest BCUT2D eigenvalue weighted by Crippen LogP contribution is 2.37. The van der Waals surface area contributed by atoms with Crippen LogP contribution in [0.4, 0.5) is 4.79 Å². The first-order valence-electron chi connectivity index (χ1n) is 12.3. The summed E-state index contributed by atoms with van der Waals surface area (Å²) in [7, 11) is 2.30. The molecule has 2 atom stereocenters. The molecule has 176 valence electrons. The van der Waals surface area contributed by atoms with Crippen LogP contribution in [0, 0.1) is 0 Å². The zero-order valence-corrected chi connectivity index (χ0v) is 19.9. The third kappa shape index (κ3) is 4.53. The summed E-state index contributed by atoms with van der Waals surface area (Å²) in [5.41, 5.74) is 1.72. The molecular formula is C29H34N3O2+. The molecular weight excluding hydrogens is 422 g/mol. The second-order valence-corrected chi connectivity index (χ2v) is 9.90. The first-order chi connectivity index (χ1) is 16.6. The molecule has 5 nitrogen and oxygen atoms in total. The van der Waals surface area contributed by atoms with E-state index in [1.807, 2.05) is 42.5 Å². The maximum atomic E-state index is 13.4. The highest BCUT2D eigenvalue weighted by Gasteiger charge is 2.49. The smallest absolute Gasteiger partial charge is 0.318 e. The quantitative estimate of drug-likeness (QED) is 0.526. The predicted molar refractivity (Wildman–Crippen MR) is 135 cm³/mol. The van der Waals surface area contributed by atoms with Gasteiger partial charge in [0.25, 0.3) is 0 Å². The molecule has 3 aromatic rings. The Balaban J connectivity index is 1.33. The van der Waals surface area contributed by atoms with Crippen LogP contribution in [-0.2, 0) is 5.54 Å². The summed E-state index contributed by atoms with van der Waals surface area (Å²) < 4.78 is 6.92. The van der Waals surface area contributed by atoms with E-state index in [-0.39, 0.29) is 12.1 Å². The maximum Gasteiger partial charge on any atom is 0.318 e. The van der Waals surface area contributed by atoms with E-state index in [9.17, 15) is 4.79 Å². The fraction of sp³-hybridized carbons (Fsp3) is 0.345. The van der Waals surface area contributed by atoms with Crippen LogP contribution in [0.1, 0.15) is 24.0 Å². The molecule has 0 aromatic heterocycles. The summed E-state index contributed by atoms with van der Waals surface area (Å²) >= 11 is 0. The molecule has 2 amide bonds. The van der Waals surface area contributed by atoms with Gasteiger partial charge in [-0.25, -0.2) is 4.79 Å². The Bertz CT molecular complexity index is 1050. The van der Waals surface area contributed by atoms with E-state index in [2.05, 4.69) is 65.8 Å². The summed E-state index contributed by atoms with van der Waals surface area (Å²) in [4.78, 5) is 15.5. The van der Waals surface area contributed by atoms with Crippen molar-refractivity contribution in [1.29, 1.82) is 0 Å². The summed E-state index contributed by atoms with van der Waals surface area (Å²) in [6.45, 7) is 4.32. The highest BCUT2D eigenvalue weighted by atomic mass is 16.5. The van der Waals surface area contributed by atoms with Crippen molar-refractivity contribution in [3.8, 4) is 5.75 Å². The lowest BCUT2D eigenvalue weighted by Crippen LogP contribution is -2.59. The van der Waals surface area contributed by atoms with Gasteiger partial charge in [0.2, 0.25) is 0 Å². The fourth-order valence-electron chi connectivity index (χ4n) is 5.61. The number of quaternary nitrogens is 1. The Morgan fingerprint density at radius 2 is 1.53 bits per heavy atom. The molecule has 0 spiro atoms. The number of urea groups is 1. The van der Waals surface area contributed by atoms with Crippen molar-refractivity contribution in [2.45, 2.75) is 24.4 Å². The minimum atomic E-state index is -0.531. The van der Waals surface area contributed by atoms with Gasteiger partial charge in [-0.3, -0.25) is 0 Å². The van der Waals surface area contributed by atoms with Gasteiger partial charge in [0.05, 0.1) is 32.7 Å². The average Bonchev–Trinajstić information content (AvgIpc) is 3.24. The van der Waals surface area contributed by atoms with E-state index in [0.29, 0.717) is 13.2 Å². The van der Waals surface area contributed by atoms with Crippen LogP contribution < -0.4 is 10.1 Å². The third-order valence-corrected chi connectivity index (χ3v) is 7.49. The number of rotatable bonds is 7. The first kappa shape index (κ1) is 22.5. The molecule has 2 unspecified atom stereocenters. The van der Waals surface area contributed by atoms with Crippen LogP contribution in [0.25, 0.3) is 0 Å². The number of piperidine rings is 1. The van der Waals surface area contributed by atoms with Crippen LogP contribution in [-0.4, -0.2) is 61.3 Å². The number of hydrogen-bond acceptors (Lipinski definition) is 2. The van der Waals surface area contributed by atoms with Crippen molar-refractivity contribution in [1.82, 2.24) is 10.2 Å². The summed E-state index contributed by atoms with van der Waals surface area (Å²) in [5.74, 6) is 0.914. The molecule has 2 aliphatic rings. The van der Waals surface area contributed by atoms with Gasteiger partial charge in [-0.1, -0.05) is 78.9 Å². The average molecular weight is 457 g/mol. The van der Waals surface area contributed by atoms with Gasteiger partial charge in [-0.2, -0.15) is 0 Å². The minimum Gasteiger partial charge on any atom is -0.488 e. The first-order valence-corrected chi connectivity index (χ1v) is 12.3. The molecule has 3 aromatic carbocycles. The predicted octanol–water partition coefficient (Wildman–Crippen LogP) is 4.64. The molecule has 2 fully saturated rings. The number of carbonyl (C=O) groups is 1. The van der Waals surface area contributed by atoms with Crippen molar-refractivity contribution in [2.24, 2.45) is 0 Å². The lowest BCUT2D eigenvalue weighted by molar-refractivity contribution is -0.915. The third-order valence-electron chi connectivity index (χ3n) is 7.49. The molecule has 1 N–H and O–H groups in total. The summed E-state index contributed by atoms with van der Waals surface area (Å²) in [6.07, 6.45) is 2.15. The molecule has 0 radical (unpaired) electrons. The van der Waals surface area contributed by atoms with Gasteiger partial charge in [0.1, 0.15) is 24.4 Å². The Morgan fingerprint density at radius 3 is 2.15 bits per heavy atom. The molecule has 0 saturated carbocycles. The molecule has 0 aliphatic carbocycles. The van der Waals surface area contributed by atoms with Crippen LogP contribution in [0.5, 0.6) is 5.75 Å². The number of amides is 2. The molecule has 34 heavy (non-hydrogen) atoms. The lowest BCUT2D eigenvalue weighted by Gasteiger charge is -2.43. The van der Waals surface area contributed by atoms with Gasteiger partial charge in [-0.15, -0.1) is 0 Å².